The van der Waals surface area contributed by atoms with Crippen LogP contribution in [0.4, 0.5) is 0 Å². The summed E-state index contributed by atoms with van der Waals surface area (Å²) >= 11 is 0. The molecule has 0 aromatic heterocycles. The Kier molecular flexibility index (Phi) is 5.41. The highest BCUT2D eigenvalue weighted by molar-refractivity contribution is 5.72. The number of nitrogens with one attached hydrogen (secondary N) is 1. The smallest absolute Gasteiger partial charge is 0.314 e. The largest absolute Gasteiger partial charge is 0.497 e. The van der Waals surface area contributed by atoms with E-state index in [-0.39, 0.29) is 11.9 Å². The molecule has 0 aliphatic carbocycles. The van der Waals surface area contributed by atoms with E-state index in [4.69, 9.17) is 9.47 Å². The Morgan fingerprint density at radius 3 is 2.75 bits per heavy atom. The van der Waals surface area contributed by atoms with Gasteiger partial charge in [0.05, 0.1) is 26.8 Å². The molecule has 0 saturated carbocycles. The summed E-state index contributed by atoms with van der Waals surface area (Å²) in [6.07, 6.45) is 2.06. The Hall–Kier alpha value is -1.55. The minimum absolute atomic E-state index is 0.0283. The first-order valence-electron chi connectivity index (χ1n) is 7.36. The van der Waals surface area contributed by atoms with Crippen LogP contribution in [0, 0.1) is 5.92 Å². The highest BCUT2D eigenvalue weighted by Crippen LogP contribution is 2.12. The van der Waals surface area contributed by atoms with Gasteiger partial charge in [-0.25, -0.2) is 0 Å². The third kappa shape index (κ3) is 3.97. The van der Waals surface area contributed by atoms with Crippen molar-refractivity contribution in [2.24, 2.45) is 5.92 Å². The fourth-order valence-corrected chi connectivity index (χ4v) is 2.80. The Balaban J connectivity index is 1.90. The average Bonchev–Trinajstić information content (AvgIpc) is 2.48. The molecule has 1 saturated heterocycles. The van der Waals surface area contributed by atoms with Crippen molar-refractivity contribution in [2.45, 2.75) is 26.3 Å². The zero-order chi connectivity index (χ0) is 14.4. The van der Waals surface area contributed by atoms with Gasteiger partial charge in [0.1, 0.15) is 18.2 Å². The fourth-order valence-electron chi connectivity index (χ4n) is 2.80. The van der Waals surface area contributed by atoms with Crippen molar-refractivity contribution in [3.05, 3.63) is 29.8 Å². The second-order valence-electron chi connectivity index (χ2n) is 5.32. The lowest BCUT2D eigenvalue weighted by molar-refractivity contribution is -0.921. The van der Waals surface area contributed by atoms with Crippen LogP contribution in [0.15, 0.2) is 24.3 Å². The van der Waals surface area contributed by atoms with Gasteiger partial charge in [0.15, 0.2) is 0 Å². The maximum atomic E-state index is 11.8. The van der Waals surface area contributed by atoms with E-state index in [2.05, 4.69) is 12.1 Å². The molecule has 110 valence electrons. The molecule has 1 aromatic carbocycles. The number of piperidine rings is 1. The van der Waals surface area contributed by atoms with Crippen molar-refractivity contribution >= 4 is 5.97 Å². The average molecular weight is 278 g/mol. The highest BCUT2D eigenvalue weighted by Gasteiger charge is 2.29. The second-order valence-corrected chi connectivity index (χ2v) is 5.32. The van der Waals surface area contributed by atoms with Gasteiger partial charge < -0.3 is 14.4 Å². The zero-order valence-corrected chi connectivity index (χ0v) is 12.4. The van der Waals surface area contributed by atoms with Gasteiger partial charge in [0.2, 0.25) is 0 Å². The first-order valence-corrected chi connectivity index (χ1v) is 7.36. The van der Waals surface area contributed by atoms with Crippen molar-refractivity contribution in [1.29, 1.82) is 0 Å². The van der Waals surface area contributed by atoms with Crippen LogP contribution in [0.5, 0.6) is 5.75 Å². The molecule has 1 aliphatic heterocycles. The first kappa shape index (κ1) is 14.9. The third-order valence-electron chi connectivity index (χ3n) is 3.85. The number of methoxy groups -OCH3 is 1. The van der Waals surface area contributed by atoms with Gasteiger partial charge in [-0.05, 0) is 44.0 Å². The van der Waals surface area contributed by atoms with Crippen LogP contribution in [0.25, 0.3) is 0 Å². The van der Waals surface area contributed by atoms with Gasteiger partial charge >= 0.3 is 5.97 Å². The van der Waals surface area contributed by atoms with E-state index in [1.165, 1.54) is 10.5 Å². The van der Waals surface area contributed by atoms with Gasteiger partial charge in [-0.15, -0.1) is 0 Å². The summed E-state index contributed by atoms with van der Waals surface area (Å²) in [6.45, 7) is 5.30. The molecule has 1 unspecified atom stereocenters. The lowest BCUT2D eigenvalue weighted by atomic mass is 9.98. The summed E-state index contributed by atoms with van der Waals surface area (Å²) < 4.78 is 10.3. The van der Waals surface area contributed by atoms with E-state index < -0.39 is 0 Å². The molecule has 4 heteroatoms. The summed E-state index contributed by atoms with van der Waals surface area (Å²) in [7, 11) is 1.68. The molecule has 2 rings (SSSR count). The monoisotopic (exact) mass is 278 g/mol. The number of likely N-dealkylation sites (tertiary alicyclic amines) is 1. The van der Waals surface area contributed by atoms with Crippen LogP contribution in [0.1, 0.15) is 25.3 Å². The van der Waals surface area contributed by atoms with E-state index in [0.29, 0.717) is 6.61 Å². The maximum Gasteiger partial charge on any atom is 0.314 e. The van der Waals surface area contributed by atoms with Gasteiger partial charge in [-0.3, -0.25) is 4.79 Å². The van der Waals surface area contributed by atoms with Crippen LogP contribution in [-0.4, -0.2) is 32.8 Å². The van der Waals surface area contributed by atoms with Gasteiger partial charge in [0.25, 0.3) is 0 Å². The molecular formula is C16H24NO3+. The van der Waals surface area contributed by atoms with Crippen molar-refractivity contribution in [2.75, 3.05) is 26.8 Å². The Bertz CT molecular complexity index is 430. The van der Waals surface area contributed by atoms with Gasteiger partial charge in [-0.1, -0.05) is 0 Å². The number of benzene rings is 1. The molecule has 1 heterocycles. The number of carbonyl (C=O) groups excluding carboxylic acids is 1. The minimum Gasteiger partial charge on any atom is -0.497 e. The molecule has 20 heavy (non-hydrogen) atoms. The summed E-state index contributed by atoms with van der Waals surface area (Å²) in [5.74, 6) is 0.920. The molecule has 4 nitrogen and oxygen atoms in total. The Labute approximate surface area is 120 Å². The number of ether oxygens (including phenoxy) is 2. The van der Waals surface area contributed by atoms with Crippen molar-refractivity contribution in [3.63, 3.8) is 0 Å². The lowest BCUT2D eigenvalue weighted by Crippen LogP contribution is -3.12. The van der Waals surface area contributed by atoms with Crippen molar-refractivity contribution < 1.29 is 19.2 Å². The number of carbonyl (C=O) groups is 1. The number of hydrogen-bond acceptors (Lipinski definition) is 3. The van der Waals surface area contributed by atoms with Crippen molar-refractivity contribution in [1.82, 2.24) is 0 Å². The molecule has 2 atom stereocenters. The third-order valence-corrected chi connectivity index (χ3v) is 3.85. The van der Waals surface area contributed by atoms with Crippen LogP contribution < -0.4 is 9.64 Å². The van der Waals surface area contributed by atoms with Crippen LogP contribution >= 0.6 is 0 Å². The van der Waals surface area contributed by atoms with Crippen LogP contribution in [0.3, 0.4) is 0 Å². The highest BCUT2D eigenvalue weighted by atomic mass is 16.5. The number of esters is 1. The summed E-state index contributed by atoms with van der Waals surface area (Å²) in [4.78, 5) is 13.3. The summed E-state index contributed by atoms with van der Waals surface area (Å²) in [6, 6.07) is 8.17. The summed E-state index contributed by atoms with van der Waals surface area (Å²) in [5.41, 5.74) is 1.28. The molecule has 1 aromatic rings. The van der Waals surface area contributed by atoms with E-state index in [1.807, 2.05) is 19.1 Å². The molecule has 0 spiro atoms. The zero-order valence-electron chi connectivity index (χ0n) is 12.4. The number of rotatable bonds is 5. The maximum absolute atomic E-state index is 11.8. The molecule has 1 fully saturated rings. The van der Waals surface area contributed by atoms with E-state index in [1.54, 1.807) is 7.11 Å². The van der Waals surface area contributed by atoms with Crippen LogP contribution in [0.2, 0.25) is 0 Å². The first-order chi connectivity index (χ1) is 9.72. The molecule has 0 bridgehead atoms. The predicted octanol–water partition coefficient (Wildman–Crippen LogP) is 1.05. The van der Waals surface area contributed by atoms with Crippen molar-refractivity contribution in [3.8, 4) is 5.75 Å². The standard InChI is InChI=1S/C16H23NO3/c1-3-20-16(18)14-5-4-10-17(12-14)11-13-6-8-15(19-2)9-7-13/h6-9,14H,3-5,10-12H2,1-2H3/p+1/t14-/m0/s1. The molecule has 1 aliphatic rings. The second kappa shape index (κ2) is 7.29. The Morgan fingerprint density at radius 1 is 1.35 bits per heavy atom. The molecule has 0 radical (unpaired) electrons. The quantitative estimate of drug-likeness (QED) is 0.819. The number of hydrogen-bond donors (Lipinski definition) is 1. The van der Waals surface area contributed by atoms with Gasteiger partial charge in [0, 0.05) is 5.56 Å². The number of quaternary nitrogens is 1. The van der Waals surface area contributed by atoms with E-state index in [9.17, 15) is 4.79 Å². The minimum atomic E-state index is -0.0283. The van der Waals surface area contributed by atoms with E-state index >= 15 is 0 Å². The topological polar surface area (TPSA) is 40.0 Å². The predicted molar refractivity (Wildman–Crippen MR) is 76.8 cm³/mol. The molecule has 0 amide bonds. The molecular weight excluding hydrogens is 254 g/mol. The normalized spacial score (nSPS) is 22.3. The summed E-state index contributed by atoms with van der Waals surface area (Å²) in [5, 5.41) is 0. The van der Waals surface area contributed by atoms with Gasteiger partial charge in [-0.2, -0.15) is 0 Å². The van der Waals surface area contributed by atoms with Crippen LogP contribution in [-0.2, 0) is 16.1 Å². The van der Waals surface area contributed by atoms with E-state index in [0.717, 1.165) is 38.2 Å². The lowest BCUT2D eigenvalue weighted by Gasteiger charge is -2.28. The Morgan fingerprint density at radius 2 is 2.10 bits per heavy atom. The fraction of sp³-hybridized carbons (Fsp3) is 0.562. The SMILES string of the molecule is CCOC(=O)[C@H]1CCC[NH+](Cc2ccc(OC)cc2)C1. The molecule has 1 N–H and O–H groups in total.